The Morgan fingerprint density at radius 2 is 1.79 bits per heavy atom. The summed E-state index contributed by atoms with van der Waals surface area (Å²) >= 11 is 0. The van der Waals surface area contributed by atoms with Gasteiger partial charge in [0.15, 0.2) is 0 Å². The van der Waals surface area contributed by atoms with E-state index in [0.29, 0.717) is 11.9 Å². The third-order valence-corrected chi connectivity index (χ3v) is 4.97. The van der Waals surface area contributed by atoms with Gasteiger partial charge in [0.25, 0.3) is 0 Å². The molecule has 0 aromatic heterocycles. The number of likely N-dealkylation sites (tertiary alicyclic amines) is 2. The molecule has 19 heavy (non-hydrogen) atoms. The molecule has 3 fully saturated rings. The van der Waals surface area contributed by atoms with Gasteiger partial charge in [0.1, 0.15) is 0 Å². The Morgan fingerprint density at radius 1 is 0.947 bits per heavy atom. The minimum Gasteiger partial charge on any atom is -0.340 e. The average molecular weight is 265 g/mol. The summed E-state index contributed by atoms with van der Waals surface area (Å²) in [6.07, 6.45) is 8.60. The average Bonchev–Trinajstić information content (AvgIpc) is 3.02. The molecule has 2 atom stereocenters. The molecular formula is C15H27N3O. The first-order chi connectivity index (χ1) is 9.34. The standard InChI is InChI=1S/C15H27N3O/c19-15(14-7-1-2-8-16-14)18-11-5-6-13(12-18)17-9-3-4-10-17/h13-14,16H,1-12H2. The second-order valence-corrected chi connectivity index (χ2v) is 6.33. The van der Waals surface area contributed by atoms with Crippen molar-refractivity contribution in [1.29, 1.82) is 0 Å². The largest absolute Gasteiger partial charge is 0.340 e. The number of rotatable bonds is 2. The van der Waals surface area contributed by atoms with Gasteiger partial charge in [-0.15, -0.1) is 0 Å². The topological polar surface area (TPSA) is 35.6 Å². The van der Waals surface area contributed by atoms with Crippen LogP contribution in [0.5, 0.6) is 0 Å². The van der Waals surface area contributed by atoms with Crippen LogP contribution in [0.1, 0.15) is 44.9 Å². The molecule has 0 spiro atoms. The first-order valence-corrected chi connectivity index (χ1v) is 8.11. The second-order valence-electron chi connectivity index (χ2n) is 6.33. The van der Waals surface area contributed by atoms with E-state index >= 15 is 0 Å². The van der Waals surface area contributed by atoms with Crippen LogP contribution in [0.15, 0.2) is 0 Å². The van der Waals surface area contributed by atoms with Crippen LogP contribution in [0.2, 0.25) is 0 Å². The maximum absolute atomic E-state index is 12.6. The van der Waals surface area contributed by atoms with Crippen LogP contribution in [-0.4, -0.2) is 60.5 Å². The summed E-state index contributed by atoms with van der Waals surface area (Å²) in [5.74, 6) is 0.364. The van der Waals surface area contributed by atoms with Gasteiger partial charge in [0.2, 0.25) is 5.91 Å². The molecule has 1 N–H and O–H groups in total. The summed E-state index contributed by atoms with van der Waals surface area (Å²) in [6, 6.07) is 0.731. The molecule has 3 aliphatic rings. The Kier molecular flexibility index (Phi) is 4.38. The fourth-order valence-electron chi connectivity index (χ4n) is 3.84. The van der Waals surface area contributed by atoms with E-state index in [2.05, 4.69) is 15.1 Å². The van der Waals surface area contributed by atoms with E-state index in [4.69, 9.17) is 0 Å². The van der Waals surface area contributed by atoms with E-state index in [0.717, 1.165) is 26.1 Å². The molecule has 2 unspecified atom stereocenters. The zero-order chi connectivity index (χ0) is 13.1. The Labute approximate surface area is 116 Å². The lowest BCUT2D eigenvalue weighted by molar-refractivity contribution is -0.136. The lowest BCUT2D eigenvalue weighted by atomic mass is 10.00. The van der Waals surface area contributed by atoms with Crippen molar-refractivity contribution in [2.75, 3.05) is 32.7 Å². The smallest absolute Gasteiger partial charge is 0.239 e. The van der Waals surface area contributed by atoms with Crippen molar-refractivity contribution in [2.45, 2.75) is 57.0 Å². The normalized spacial score (nSPS) is 33.6. The first kappa shape index (κ1) is 13.4. The highest BCUT2D eigenvalue weighted by Crippen LogP contribution is 2.21. The summed E-state index contributed by atoms with van der Waals surface area (Å²) < 4.78 is 0. The summed E-state index contributed by atoms with van der Waals surface area (Å²) in [5.41, 5.74) is 0. The van der Waals surface area contributed by atoms with Gasteiger partial charge in [-0.3, -0.25) is 9.69 Å². The fraction of sp³-hybridized carbons (Fsp3) is 0.933. The fourth-order valence-corrected chi connectivity index (χ4v) is 3.84. The Morgan fingerprint density at radius 3 is 2.53 bits per heavy atom. The van der Waals surface area contributed by atoms with Crippen LogP contribution >= 0.6 is 0 Å². The van der Waals surface area contributed by atoms with Crippen molar-refractivity contribution >= 4 is 5.91 Å². The minimum absolute atomic E-state index is 0.103. The third-order valence-electron chi connectivity index (χ3n) is 4.97. The van der Waals surface area contributed by atoms with Gasteiger partial charge in [0, 0.05) is 19.1 Å². The number of nitrogens with zero attached hydrogens (tertiary/aromatic N) is 2. The molecule has 0 aliphatic carbocycles. The molecule has 0 aromatic rings. The molecule has 0 saturated carbocycles. The molecule has 3 saturated heterocycles. The number of carbonyl (C=O) groups is 1. The molecule has 108 valence electrons. The number of piperidine rings is 2. The molecular weight excluding hydrogens is 238 g/mol. The Bertz CT molecular complexity index is 309. The first-order valence-electron chi connectivity index (χ1n) is 8.11. The molecule has 0 aromatic carbocycles. The van der Waals surface area contributed by atoms with E-state index in [1.807, 2.05) is 0 Å². The van der Waals surface area contributed by atoms with Crippen LogP contribution in [0.3, 0.4) is 0 Å². The number of carbonyl (C=O) groups excluding carboxylic acids is 1. The highest BCUT2D eigenvalue weighted by Gasteiger charge is 2.32. The van der Waals surface area contributed by atoms with Crippen molar-refractivity contribution in [2.24, 2.45) is 0 Å². The highest BCUT2D eigenvalue weighted by molar-refractivity contribution is 5.82. The molecule has 0 radical (unpaired) electrons. The zero-order valence-electron chi connectivity index (χ0n) is 11.9. The van der Waals surface area contributed by atoms with E-state index in [1.54, 1.807) is 0 Å². The van der Waals surface area contributed by atoms with Gasteiger partial charge in [-0.25, -0.2) is 0 Å². The Hall–Kier alpha value is -0.610. The number of nitrogens with one attached hydrogen (secondary N) is 1. The summed E-state index contributed by atoms with van der Waals surface area (Å²) in [7, 11) is 0. The number of amides is 1. The van der Waals surface area contributed by atoms with E-state index in [-0.39, 0.29) is 6.04 Å². The lowest BCUT2D eigenvalue weighted by Gasteiger charge is -2.39. The number of hydrogen-bond acceptors (Lipinski definition) is 3. The van der Waals surface area contributed by atoms with Gasteiger partial charge < -0.3 is 10.2 Å². The second kappa shape index (κ2) is 6.23. The van der Waals surface area contributed by atoms with Crippen LogP contribution in [0, 0.1) is 0 Å². The van der Waals surface area contributed by atoms with Crippen molar-refractivity contribution in [1.82, 2.24) is 15.1 Å². The van der Waals surface area contributed by atoms with Crippen LogP contribution < -0.4 is 5.32 Å². The van der Waals surface area contributed by atoms with Gasteiger partial charge in [-0.1, -0.05) is 6.42 Å². The van der Waals surface area contributed by atoms with E-state index in [1.165, 1.54) is 51.6 Å². The molecule has 3 rings (SSSR count). The molecule has 3 aliphatic heterocycles. The predicted octanol–water partition coefficient (Wildman–Crippen LogP) is 1.22. The Balaban J connectivity index is 1.56. The lowest BCUT2D eigenvalue weighted by Crippen LogP contribution is -2.54. The summed E-state index contributed by atoms with van der Waals surface area (Å²) in [4.78, 5) is 17.3. The van der Waals surface area contributed by atoms with E-state index in [9.17, 15) is 4.79 Å². The van der Waals surface area contributed by atoms with E-state index < -0.39 is 0 Å². The molecule has 3 heterocycles. The SMILES string of the molecule is O=C(C1CCCCN1)N1CCCC(N2CCCC2)C1. The summed E-state index contributed by atoms with van der Waals surface area (Å²) in [5, 5.41) is 3.40. The third kappa shape index (κ3) is 3.11. The molecule has 0 bridgehead atoms. The van der Waals surface area contributed by atoms with Gasteiger partial charge in [-0.05, 0) is 58.2 Å². The van der Waals surface area contributed by atoms with Crippen molar-refractivity contribution in [3.8, 4) is 0 Å². The predicted molar refractivity (Wildman–Crippen MR) is 76.1 cm³/mol. The van der Waals surface area contributed by atoms with Gasteiger partial charge in [0.05, 0.1) is 6.04 Å². The van der Waals surface area contributed by atoms with Crippen molar-refractivity contribution < 1.29 is 4.79 Å². The maximum atomic E-state index is 12.6. The zero-order valence-corrected chi connectivity index (χ0v) is 11.9. The van der Waals surface area contributed by atoms with Crippen molar-refractivity contribution in [3.05, 3.63) is 0 Å². The monoisotopic (exact) mass is 265 g/mol. The summed E-state index contributed by atoms with van der Waals surface area (Å²) in [6.45, 7) is 5.45. The van der Waals surface area contributed by atoms with Crippen molar-refractivity contribution in [3.63, 3.8) is 0 Å². The maximum Gasteiger partial charge on any atom is 0.239 e. The van der Waals surface area contributed by atoms with Crippen LogP contribution in [-0.2, 0) is 4.79 Å². The number of hydrogen-bond donors (Lipinski definition) is 1. The van der Waals surface area contributed by atoms with Crippen LogP contribution in [0.25, 0.3) is 0 Å². The molecule has 4 heteroatoms. The highest BCUT2D eigenvalue weighted by atomic mass is 16.2. The quantitative estimate of drug-likeness (QED) is 0.815. The van der Waals surface area contributed by atoms with Gasteiger partial charge in [-0.2, -0.15) is 0 Å². The molecule has 4 nitrogen and oxygen atoms in total. The van der Waals surface area contributed by atoms with Gasteiger partial charge >= 0.3 is 0 Å². The minimum atomic E-state index is 0.103. The van der Waals surface area contributed by atoms with Crippen LogP contribution in [0.4, 0.5) is 0 Å². The molecule has 1 amide bonds.